The average Bonchev–Trinajstić information content (AvgIpc) is 2.96. The topological polar surface area (TPSA) is 63.0 Å². The normalized spacial score (nSPS) is 18.6. The summed E-state index contributed by atoms with van der Waals surface area (Å²) in [6.45, 7) is 2.02. The van der Waals surface area contributed by atoms with Gasteiger partial charge in [-0.15, -0.1) is 0 Å². The van der Waals surface area contributed by atoms with Gasteiger partial charge >= 0.3 is 0 Å². The summed E-state index contributed by atoms with van der Waals surface area (Å²) >= 11 is 0. The molecule has 2 N–H and O–H groups in total. The van der Waals surface area contributed by atoms with E-state index < -0.39 is 0 Å². The van der Waals surface area contributed by atoms with Crippen molar-refractivity contribution in [1.82, 2.24) is 19.9 Å². The van der Waals surface area contributed by atoms with Gasteiger partial charge in [-0.25, -0.2) is 9.97 Å². The molecule has 0 amide bonds. The molecule has 1 aromatic carbocycles. The second kappa shape index (κ2) is 5.42. The van der Waals surface area contributed by atoms with Crippen LogP contribution >= 0.6 is 0 Å². The molecule has 2 aromatic heterocycles. The van der Waals surface area contributed by atoms with E-state index in [2.05, 4.69) is 14.9 Å². The van der Waals surface area contributed by atoms with Crippen LogP contribution in [-0.2, 0) is 0 Å². The van der Waals surface area contributed by atoms with E-state index in [9.17, 15) is 5.11 Å². The zero-order chi connectivity index (χ0) is 14.9. The fraction of sp³-hybridized carbons (Fsp3) is 0.294. The summed E-state index contributed by atoms with van der Waals surface area (Å²) in [5.74, 6) is 1.70. The number of nitrogens with one attached hydrogen (secondary N) is 1. The van der Waals surface area contributed by atoms with Gasteiger partial charge in [0.25, 0.3) is 0 Å². The molecular weight excluding hydrogens is 276 g/mol. The quantitative estimate of drug-likeness (QED) is 0.762. The molecule has 1 aliphatic heterocycles. The number of benzene rings is 1. The molecule has 1 fully saturated rings. The second-order valence-corrected chi connectivity index (χ2v) is 5.71. The van der Waals surface area contributed by atoms with Gasteiger partial charge in [0.15, 0.2) is 5.65 Å². The van der Waals surface area contributed by atoms with Crippen molar-refractivity contribution >= 4 is 11.2 Å². The lowest BCUT2D eigenvalue weighted by atomic mass is 9.99. The van der Waals surface area contributed by atoms with E-state index in [1.165, 1.54) is 0 Å². The molecule has 112 valence electrons. The number of pyridine rings is 1. The van der Waals surface area contributed by atoms with Gasteiger partial charge in [0.1, 0.15) is 17.1 Å². The van der Waals surface area contributed by atoms with E-state index in [0.29, 0.717) is 5.92 Å². The Morgan fingerprint density at radius 2 is 2.05 bits per heavy atom. The van der Waals surface area contributed by atoms with Crippen LogP contribution in [0, 0.1) is 0 Å². The van der Waals surface area contributed by atoms with Crippen LogP contribution in [0.25, 0.3) is 16.9 Å². The summed E-state index contributed by atoms with van der Waals surface area (Å²) < 4.78 is 2.12. The number of aromatic hydroxyl groups is 1. The first kappa shape index (κ1) is 13.3. The van der Waals surface area contributed by atoms with E-state index in [1.807, 2.05) is 24.3 Å². The lowest BCUT2D eigenvalue weighted by molar-refractivity contribution is 0.444. The Hall–Kier alpha value is -2.40. The Labute approximate surface area is 128 Å². The maximum atomic E-state index is 9.53. The van der Waals surface area contributed by atoms with E-state index in [4.69, 9.17) is 4.98 Å². The van der Waals surface area contributed by atoms with Crippen LogP contribution in [0.3, 0.4) is 0 Å². The fourth-order valence-electron chi connectivity index (χ4n) is 3.13. The molecular formula is C17H18N4O. The predicted molar refractivity (Wildman–Crippen MR) is 85.4 cm³/mol. The number of fused-ring (bicyclic) bond motifs is 1. The van der Waals surface area contributed by atoms with Gasteiger partial charge in [-0.05, 0) is 55.8 Å². The summed E-state index contributed by atoms with van der Waals surface area (Å²) in [7, 11) is 0. The number of hydrogen-bond acceptors (Lipinski definition) is 4. The van der Waals surface area contributed by atoms with E-state index in [0.717, 1.165) is 48.6 Å². The zero-order valence-corrected chi connectivity index (χ0v) is 12.2. The van der Waals surface area contributed by atoms with Gasteiger partial charge in [0.05, 0.1) is 0 Å². The van der Waals surface area contributed by atoms with Gasteiger partial charge in [0, 0.05) is 24.3 Å². The molecule has 22 heavy (non-hydrogen) atoms. The summed E-state index contributed by atoms with van der Waals surface area (Å²) in [4.78, 5) is 9.35. The molecule has 1 aliphatic rings. The maximum absolute atomic E-state index is 9.53. The van der Waals surface area contributed by atoms with Crippen LogP contribution in [0.2, 0.25) is 0 Å². The van der Waals surface area contributed by atoms with Crippen molar-refractivity contribution in [3.63, 3.8) is 0 Å². The molecule has 0 aliphatic carbocycles. The molecule has 1 unspecified atom stereocenters. The van der Waals surface area contributed by atoms with Crippen LogP contribution in [0.5, 0.6) is 5.75 Å². The number of hydrogen-bond donors (Lipinski definition) is 2. The Morgan fingerprint density at radius 3 is 2.82 bits per heavy atom. The highest BCUT2D eigenvalue weighted by Gasteiger charge is 2.23. The number of rotatable bonds is 2. The number of piperidine rings is 1. The van der Waals surface area contributed by atoms with Crippen molar-refractivity contribution in [3.8, 4) is 11.4 Å². The van der Waals surface area contributed by atoms with E-state index >= 15 is 0 Å². The van der Waals surface area contributed by atoms with Crippen LogP contribution in [0.1, 0.15) is 24.6 Å². The summed E-state index contributed by atoms with van der Waals surface area (Å²) in [6, 6.07) is 11.1. The molecule has 0 saturated carbocycles. The first-order chi connectivity index (χ1) is 10.8. The third kappa shape index (κ3) is 2.23. The van der Waals surface area contributed by atoms with Gasteiger partial charge in [-0.2, -0.15) is 0 Å². The number of phenolic OH excluding ortho intramolecular Hbond substituents is 1. The Balaban J connectivity index is 1.91. The molecule has 5 nitrogen and oxygen atoms in total. The molecule has 0 bridgehead atoms. The highest BCUT2D eigenvalue weighted by molar-refractivity contribution is 5.74. The second-order valence-electron chi connectivity index (χ2n) is 5.71. The molecule has 4 rings (SSSR count). The number of imidazole rings is 1. The first-order valence-corrected chi connectivity index (χ1v) is 7.66. The maximum Gasteiger partial charge on any atom is 0.164 e. The molecule has 0 radical (unpaired) electrons. The zero-order valence-electron chi connectivity index (χ0n) is 12.2. The van der Waals surface area contributed by atoms with Gasteiger partial charge < -0.3 is 10.4 Å². The van der Waals surface area contributed by atoms with Crippen molar-refractivity contribution in [1.29, 1.82) is 0 Å². The minimum atomic E-state index is 0.266. The molecule has 3 aromatic rings. The third-order valence-electron chi connectivity index (χ3n) is 4.21. The molecule has 3 heterocycles. The molecule has 5 heteroatoms. The number of aromatic nitrogens is 3. The van der Waals surface area contributed by atoms with Crippen molar-refractivity contribution < 1.29 is 5.11 Å². The Morgan fingerprint density at radius 1 is 1.18 bits per heavy atom. The highest BCUT2D eigenvalue weighted by atomic mass is 16.3. The molecule has 1 atom stereocenters. The van der Waals surface area contributed by atoms with Crippen molar-refractivity contribution in [2.24, 2.45) is 0 Å². The van der Waals surface area contributed by atoms with Crippen LogP contribution in [0.15, 0.2) is 42.6 Å². The van der Waals surface area contributed by atoms with E-state index in [1.54, 1.807) is 18.3 Å². The average molecular weight is 294 g/mol. The predicted octanol–water partition coefficient (Wildman–Crippen LogP) is 2.59. The largest absolute Gasteiger partial charge is 0.508 e. The number of nitrogens with zero attached hydrogens (tertiary/aromatic N) is 3. The van der Waals surface area contributed by atoms with Crippen LogP contribution in [-0.4, -0.2) is 32.7 Å². The number of phenols is 1. The van der Waals surface area contributed by atoms with Crippen LogP contribution in [0.4, 0.5) is 0 Å². The fourth-order valence-corrected chi connectivity index (χ4v) is 3.13. The summed E-state index contributed by atoms with van der Waals surface area (Å²) in [5, 5.41) is 13.0. The van der Waals surface area contributed by atoms with E-state index in [-0.39, 0.29) is 5.75 Å². The van der Waals surface area contributed by atoms with Gasteiger partial charge in [0.2, 0.25) is 0 Å². The van der Waals surface area contributed by atoms with Gasteiger partial charge in [-0.3, -0.25) is 4.57 Å². The highest BCUT2D eigenvalue weighted by Crippen LogP contribution is 2.29. The SMILES string of the molecule is Oc1ccc(-n2c(C3CCCNC3)nc3cccnc32)cc1. The van der Waals surface area contributed by atoms with Crippen molar-refractivity contribution in [2.75, 3.05) is 13.1 Å². The van der Waals surface area contributed by atoms with Crippen LogP contribution < -0.4 is 5.32 Å². The Kier molecular flexibility index (Phi) is 3.27. The standard InChI is InChI=1S/C17H18N4O/c22-14-7-5-13(6-8-14)21-16(12-3-1-9-18-11-12)20-15-4-2-10-19-17(15)21/h2,4-8,10,12,18,22H,1,3,9,11H2. The van der Waals surface area contributed by atoms with Crippen molar-refractivity contribution in [3.05, 3.63) is 48.4 Å². The first-order valence-electron chi connectivity index (χ1n) is 7.66. The minimum absolute atomic E-state index is 0.266. The lowest BCUT2D eigenvalue weighted by Gasteiger charge is -2.23. The summed E-state index contributed by atoms with van der Waals surface area (Å²) in [6.07, 6.45) is 4.09. The monoisotopic (exact) mass is 294 g/mol. The van der Waals surface area contributed by atoms with Crippen molar-refractivity contribution in [2.45, 2.75) is 18.8 Å². The molecule has 1 saturated heterocycles. The third-order valence-corrected chi connectivity index (χ3v) is 4.21. The van der Waals surface area contributed by atoms with Gasteiger partial charge in [-0.1, -0.05) is 0 Å². The minimum Gasteiger partial charge on any atom is -0.508 e. The lowest BCUT2D eigenvalue weighted by Crippen LogP contribution is -2.29. The Bertz CT molecular complexity index is 788. The summed E-state index contributed by atoms with van der Waals surface area (Å²) in [5.41, 5.74) is 2.77. The molecule has 0 spiro atoms. The smallest absolute Gasteiger partial charge is 0.164 e.